The van der Waals surface area contributed by atoms with E-state index in [0.29, 0.717) is 11.3 Å². The molecule has 0 aliphatic rings. The van der Waals surface area contributed by atoms with Crippen LogP contribution < -0.4 is 16.2 Å². The fraction of sp³-hybridized carbons (Fsp3) is 0.158. The average molecular weight is 369 g/mol. The molecule has 0 unspecified atom stereocenters. The first-order valence-electron chi connectivity index (χ1n) is 8.10. The molecule has 2 rings (SSSR count). The van der Waals surface area contributed by atoms with E-state index in [1.54, 1.807) is 42.5 Å². The first kappa shape index (κ1) is 19.6. The fourth-order valence-electron chi connectivity index (χ4n) is 2.06. The van der Waals surface area contributed by atoms with Crippen LogP contribution in [0.3, 0.4) is 0 Å². The molecule has 2 aromatic rings. The SMILES string of the molecule is CC(=O)Nc1ccc(C(=O)O[C@@H](C)C(=O)NNC(=O)c2ccccc2)cc1. The number of carbonyl (C=O) groups is 4. The van der Waals surface area contributed by atoms with Gasteiger partial charge in [0, 0.05) is 18.2 Å². The molecule has 140 valence electrons. The molecule has 1 atom stereocenters. The fourth-order valence-corrected chi connectivity index (χ4v) is 2.06. The molecule has 0 radical (unpaired) electrons. The van der Waals surface area contributed by atoms with Crippen LogP contribution in [0.5, 0.6) is 0 Å². The summed E-state index contributed by atoms with van der Waals surface area (Å²) in [5.41, 5.74) is 5.59. The van der Waals surface area contributed by atoms with E-state index >= 15 is 0 Å². The number of nitrogens with one attached hydrogen (secondary N) is 3. The summed E-state index contributed by atoms with van der Waals surface area (Å²) in [7, 11) is 0. The van der Waals surface area contributed by atoms with Crippen LogP contribution in [0.15, 0.2) is 54.6 Å². The average Bonchev–Trinajstić information content (AvgIpc) is 2.66. The molecular weight excluding hydrogens is 350 g/mol. The minimum Gasteiger partial charge on any atom is -0.449 e. The molecule has 0 heterocycles. The van der Waals surface area contributed by atoms with Crippen molar-refractivity contribution in [3.05, 3.63) is 65.7 Å². The first-order chi connectivity index (χ1) is 12.9. The predicted octanol–water partition coefficient (Wildman–Crippen LogP) is 1.65. The molecule has 3 N–H and O–H groups in total. The van der Waals surface area contributed by atoms with Crippen molar-refractivity contribution in [2.45, 2.75) is 20.0 Å². The summed E-state index contributed by atoms with van der Waals surface area (Å²) in [4.78, 5) is 46.9. The number of hydrogen-bond acceptors (Lipinski definition) is 5. The van der Waals surface area contributed by atoms with Crippen LogP contribution in [0.2, 0.25) is 0 Å². The molecule has 2 aromatic carbocycles. The Kier molecular flexibility index (Phi) is 6.65. The molecular formula is C19H19N3O5. The summed E-state index contributed by atoms with van der Waals surface area (Å²) in [6, 6.07) is 14.4. The van der Waals surface area contributed by atoms with Crippen LogP contribution in [0, 0.1) is 0 Å². The highest BCUT2D eigenvalue weighted by Gasteiger charge is 2.19. The maximum atomic E-state index is 12.1. The lowest BCUT2D eigenvalue weighted by Gasteiger charge is -2.14. The summed E-state index contributed by atoms with van der Waals surface area (Å²) in [6.45, 7) is 2.76. The summed E-state index contributed by atoms with van der Waals surface area (Å²) in [5, 5.41) is 2.58. The smallest absolute Gasteiger partial charge is 0.338 e. The second-order valence-corrected chi connectivity index (χ2v) is 5.62. The minimum absolute atomic E-state index is 0.220. The molecule has 8 heteroatoms. The number of ether oxygens (including phenoxy) is 1. The quantitative estimate of drug-likeness (QED) is 0.548. The topological polar surface area (TPSA) is 114 Å². The Morgan fingerprint density at radius 1 is 0.852 bits per heavy atom. The molecule has 0 aromatic heterocycles. The number of benzene rings is 2. The Bertz CT molecular complexity index is 834. The van der Waals surface area contributed by atoms with Crippen molar-refractivity contribution < 1.29 is 23.9 Å². The Labute approximate surface area is 155 Å². The zero-order chi connectivity index (χ0) is 19.8. The normalized spacial score (nSPS) is 11.0. The van der Waals surface area contributed by atoms with Crippen molar-refractivity contribution >= 4 is 29.4 Å². The van der Waals surface area contributed by atoms with E-state index in [-0.39, 0.29) is 11.5 Å². The number of hydrazine groups is 1. The largest absolute Gasteiger partial charge is 0.449 e. The first-order valence-corrected chi connectivity index (χ1v) is 8.10. The van der Waals surface area contributed by atoms with E-state index in [0.717, 1.165) is 0 Å². The Morgan fingerprint density at radius 2 is 1.48 bits per heavy atom. The zero-order valence-electron chi connectivity index (χ0n) is 14.8. The molecule has 0 spiro atoms. The summed E-state index contributed by atoms with van der Waals surface area (Å²) in [5.74, 6) is -2.10. The van der Waals surface area contributed by atoms with Gasteiger partial charge in [-0.3, -0.25) is 25.2 Å². The third kappa shape index (κ3) is 5.96. The van der Waals surface area contributed by atoms with Crippen molar-refractivity contribution in [2.24, 2.45) is 0 Å². The minimum atomic E-state index is -1.12. The maximum Gasteiger partial charge on any atom is 0.338 e. The highest BCUT2D eigenvalue weighted by Crippen LogP contribution is 2.11. The lowest BCUT2D eigenvalue weighted by atomic mass is 10.2. The van der Waals surface area contributed by atoms with Crippen molar-refractivity contribution in [3.63, 3.8) is 0 Å². The predicted molar refractivity (Wildman–Crippen MR) is 97.7 cm³/mol. The van der Waals surface area contributed by atoms with E-state index in [2.05, 4.69) is 16.2 Å². The Balaban J connectivity index is 1.85. The molecule has 0 bridgehead atoms. The Hall–Kier alpha value is -3.68. The molecule has 0 saturated carbocycles. The number of anilines is 1. The van der Waals surface area contributed by atoms with Gasteiger partial charge < -0.3 is 10.1 Å². The van der Waals surface area contributed by atoms with Crippen LogP contribution in [0.1, 0.15) is 34.6 Å². The number of esters is 1. The van der Waals surface area contributed by atoms with Crippen molar-refractivity contribution in [1.29, 1.82) is 0 Å². The number of carbonyl (C=O) groups excluding carboxylic acids is 4. The van der Waals surface area contributed by atoms with Gasteiger partial charge in [-0.15, -0.1) is 0 Å². The number of amides is 3. The van der Waals surface area contributed by atoms with Gasteiger partial charge in [0.25, 0.3) is 11.8 Å². The third-order valence-corrected chi connectivity index (χ3v) is 3.43. The molecule has 3 amide bonds. The summed E-state index contributed by atoms with van der Waals surface area (Å²) in [6.07, 6.45) is -1.12. The summed E-state index contributed by atoms with van der Waals surface area (Å²) >= 11 is 0. The van der Waals surface area contributed by atoms with Crippen molar-refractivity contribution in [2.75, 3.05) is 5.32 Å². The highest BCUT2D eigenvalue weighted by atomic mass is 16.5. The highest BCUT2D eigenvalue weighted by molar-refractivity contribution is 5.96. The van der Waals surface area contributed by atoms with E-state index in [1.807, 2.05) is 0 Å². The second kappa shape index (κ2) is 9.14. The van der Waals surface area contributed by atoms with Gasteiger partial charge in [0.1, 0.15) is 0 Å². The van der Waals surface area contributed by atoms with Gasteiger partial charge in [-0.2, -0.15) is 0 Å². The molecule has 0 aliphatic carbocycles. The molecule has 8 nitrogen and oxygen atoms in total. The lowest BCUT2D eigenvalue weighted by molar-refractivity contribution is -0.129. The molecule has 0 aliphatic heterocycles. The lowest BCUT2D eigenvalue weighted by Crippen LogP contribution is -2.46. The van der Waals surface area contributed by atoms with Gasteiger partial charge in [-0.25, -0.2) is 4.79 Å². The Morgan fingerprint density at radius 3 is 2.07 bits per heavy atom. The van der Waals surface area contributed by atoms with Gasteiger partial charge in [-0.1, -0.05) is 18.2 Å². The number of hydrogen-bond donors (Lipinski definition) is 3. The second-order valence-electron chi connectivity index (χ2n) is 5.62. The van der Waals surface area contributed by atoms with E-state index < -0.39 is 23.9 Å². The summed E-state index contributed by atoms with van der Waals surface area (Å²) < 4.78 is 5.07. The molecule has 0 saturated heterocycles. The molecule has 27 heavy (non-hydrogen) atoms. The van der Waals surface area contributed by atoms with Crippen LogP contribution >= 0.6 is 0 Å². The van der Waals surface area contributed by atoms with Gasteiger partial charge in [0.15, 0.2) is 6.10 Å². The van der Waals surface area contributed by atoms with Crippen molar-refractivity contribution in [3.8, 4) is 0 Å². The molecule has 0 fully saturated rings. The standard InChI is InChI=1S/C19H19N3O5/c1-12(17(24)21-22-18(25)14-6-4-3-5-7-14)27-19(26)15-8-10-16(11-9-15)20-13(2)23/h3-12H,1-2H3,(H,20,23)(H,21,24)(H,22,25)/t12-/m0/s1. The van der Waals surface area contributed by atoms with Crippen LogP contribution in [0.25, 0.3) is 0 Å². The number of rotatable bonds is 5. The van der Waals surface area contributed by atoms with Crippen LogP contribution in [0.4, 0.5) is 5.69 Å². The van der Waals surface area contributed by atoms with Gasteiger partial charge >= 0.3 is 5.97 Å². The van der Waals surface area contributed by atoms with Crippen LogP contribution in [-0.2, 0) is 14.3 Å². The zero-order valence-corrected chi connectivity index (χ0v) is 14.8. The third-order valence-electron chi connectivity index (χ3n) is 3.43. The monoisotopic (exact) mass is 369 g/mol. The van der Waals surface area contributed by atoms with Gasteiger partial charge in [0.2, 0.25) is 5.91 Å². The van der Waals surface area contributed by atoms with Gasteiger partial charge in [0.05, 0.1) is 5.56 Å². The maximum absolute atomic E-state index is 12.1. The van der Waals surface area contributed by atoms with Crippen LogP contribution in [-0.4, -0.2) is 29.8 Å². The van der Waals surface area contributed by atoms with Crippen molar-refractivity contribution in [1.82, 2.24) is 10.9 Å². The van der Waals surface area contributed by atoms with E-state index in [4.69, 9.17) is 4.74 Å². The van der Waals surface area contributed by atoms with E-state index in [9.17, 15) is 19.2 Å². The van der Waals surface area contributed by atoms with Gasteiger partial charge in [-0.05, 0) is 43.3 Å². The van der Waals surface area contributed by atoms with E-state index in [1.165, 1.54) is 26.0 Å².